The normalized spacial score (nSPS) is 10.3. The van der Waals surface area contributed by atoms with Gasteiger partial charge in [0.2, 0.25) is 5.13 Å². The second kappa shape index (κ2) is 3.98. The van der Waals surface area contributed by atoms with Crippen LogP contribution in [0, 0.1) is 6.92 Å². The Bertz CT molecular complexity index is 445. The Morgan fingerprint density at radius 1 is 1.07 bits per heavy atom. The number of hydrogen-bond donors (Lipinski definition) is 0. The highest BCUT2D eigenvalue weighted by Crippen LogP contribution is 2.27. The van der Waals surface area contributed by atoms with Crippen LogP contribution in [0.4, 0.5) is 5.13 Å². The molecule has 0 radical (unpaired) electrons. The molecule has 0 bridgehead atoms. The molecule has 3 nitrogen and oxygen atoms in total. The molecule has 15 heavy (non-hydrogen) atoms. The number of rotatable bonds is 2. The van der Waals surface area contributed by atoms with Crippen molar-refractivity contribution in [3.05, 3.63) is 29.8 Å². The van der Waals surface area contributed by atoms with E-state index in [0.29, 0.717) is 0 Å². The van der Waals surface area contributed by atoms with Gasteiger partial charge in [0.25, 0.3) is 0 Å². The Morgan fingerprint density at radius 2 is 1.73 bits per heavy atom. The third-order valence-electron chi connectivity index (χ3n) is 2.10. The first-order chi connectivity index (χ1) is 7.16. The Balaban J connectivity index is 2.33. The lowest BCUT2D eigenvalue weighted by molar-refractivity contribution is 1.02. The molecule has 2 aromatic rings. The van der Waals surface area contributed by atoms with Gasteiger partial charge in [-0.3, -0.25) is 0 Å². The minimum Gasteiger partial charge on any atom is -0.353 e. The molecule has 0 atom stereocenters. The maximum atomic E-state index is 4.16. The molecule has 0 aliphatic rings. The van der Waals surface area contributed by atoms with Crippen molar-refractivity contribution < 1.29 is 0 Å². The maximum Gasteiger partial charge on any atom is 0.208 e. The highest BCUT2D eigenvalue weighted by Gasteiger charge is 2.06. The molecular formula is C11H13N3S. The first kappa shape index (κ1) is 10.1. The summed E-state index contributed by atoms with van der Waals surface area (Å²) in [4.78, 5) is 1.97. The summed E-state index contributed by atoms with van der Waals surface area (Å²) < 4.78 is 0. The van der Waals surface area contributed by atoms with Gasteiger partial charge >= 0.3 is 0 Å². The lowest BCUT2D eigenvalue weighted by Crippen LogP contribution is -2.07. The number of hydrogen-bond acceptors (Lipinski definition) is 4. The third-order valence-corrected chi connectivity index (χ3v) is 3.24. The second-order valence-corrected chi connectivity index (χ2v) is 4.61. The van der Waals surface area contributed by atoms with Crippen LogP contribution in [0.3, 0.4) is 0 Å². The fourth-order valence-electron chi connectivity index (χ4n) is 1.21. The van der Waals surface area contributed by atoms with Crippen LogP contribution in [0.15, 0.2) is 24.3 Å². The van der Waals surface area contributed by atoms with Crippen LogP contribution in [0.1, 0.15) is 5.56 Å². The maximum absolute atomic E-state index is 4.16. The lowest BCUT2D eigenvalue weighted by Gasteiger charge is -2.03. The molecule has 0 unspecified atom stereocenters. The van der Waals surface area contributed by atoms with Crippen molar-refractivity contribution in [3.63, 3.8) is 0 Å². The van der Waals surface area contributed by atoms with Crippen molar-refractivity contribution in [2.75, 3.05) is 19.0 Å². The minimum atomic E-state index is 0.936. The SMILES string of the molecule is Cc1ccc(-c2nnc(N(C)C)s2)cc1. The molecule has 0 aliphatic heterocycles. The fourth-order valence-corrected chi connectivity index (χ4v) is 1.98. The van der Waals surface area contributed by atoms with Gasteiger partial charge in [0.1, 0.15) is 5.01 Å². The van der Waals surface area contributed by atoms with E-state index in [2.05, 4.69) is 41.4 Å². The topological polar surface area (TPSA) is 29.0 Å². The molecule has 0 N–H and O–H groups in total. The molecule has 1 heterocycles. The van der Waals surface area contributed by atoms with E-state index in [9.17, 15) is 0 Å². The van der Waals surface area contributed by atoms with Gasteiger partial charge < -0.3 is 4.90 Å². The molecule has 0 aliphatic carbocycles. The number of anilines is 1. The molecule has 0 saturated carbocycles. The van der Waals surface area contributed by atoms with E-state index in [-0.39, 0.29) is 0 Å². The molecule has 0 spiro atoms. The summed E-state index contributed by atoms with van der Waals surface area (Å²) in [6.45, 7) is 2.08. The fraction of sp³-hybridized carbons (Fsp3) is 0.273. The van der Waals surface area contributed by atoms with Crippen molar-refractivity contribution in [2.45, 2.75) is 6.92 Å². The Morgan fingerprint density at radius 3 is 2.27 bits per heavy atom. The molecule has 78 valence electrons. The zero-order valence-electron chi connectivity index (χ0n) is 9.06. The second-order valence-electron chi connectivity index (χ2n) is 3.65. The van der Waals surface area contributed by atoms with Gasteiger partial charge in [-0.05, 0) is 6.92 Å². The van der Waals surface area contributed by atoms with Crippen molar-refractivity contribution in [2.24, 2.45) is 0 Å². The molecule has 4 heteroatoms. The predicted octanol–water partition coefficient (Wildman–Crippen LogP) is 2.58. The summed E-state index contributed by atoms with van der Waals surface area (Å²) in [7, 11) is 3.94. The third kappa shape index (κ3) is 2.15. The molecule has 1 aromatic carbocycles. The van der Waals surface area contributed by atoms with Crippen molar-refractivity contribution in [3.8, 4) is 10.6 Å². The van der Waals surface area contributed by atoms with Crippen molar-refractivity contribution in [1.29, 1.82) is 0 Å². The summed E-state index contributed by atoms with van der Waals surface area (Å²) in [6.07, 6.45) is 0. The summed E-state index contributed by atoms with van der Waals surface area (Å²) >= 11 is 1.60. The van der Waals surface area contributed by atoms with Gasteiger partial charge in [-0.15, -0.1) is 10.2 Å². The van der Waals surface area contributed by atoms with Crippen LogP contribution in [-0.2, 0) is 0 Å². The van der Waals surface area contributed by atoms with Gasteiger partial charge in [0, 0.05) is 19.7 Å². The standard InChI is InChI=1S/C11H13N3S/c1-8-4-6-9(7-5-8)10-12-13-11(15-10)14(2)3/h4-7H,1-3H3. The van der Waals surface area contributed by atoms with Crippen LogP contribution in [0.25, 0.3) is 10.6 Å². The monoisotopic (exact) mass is 219 g/mol. The lowest BCUT2D eigenvalue weighted by atomic mass is 10.2. The van der Waals surface area contributed by atoms with Crippen LogP contribution in [0.2, 0.25) is 0 Å². The first-order valence-electron chi connectivity index (χ1n) is 4.74. The molecule has 0 amide bonds. The Hall–Kier alpha value is -1.42. The molecular weight excluding hydrogens is 206 g/mol. The summed E-state index contributed by atoms with van der Waals surface area (Å²) in [5.41, 5.74) is 2.39. The zero-order valence-corrected chi connectivity index (χ0v) is 9.88. The van der Waals surface area contributed by atoms with E-state index >= 15 is 0 Å². The summed E-state index contributed by atoms with van der Waals surface area (Å²) in [6, 6.07) is 8.34. The zero-order chi connectivity index (χ0) is 10.8. The molecule has 2 rings (SSSR count). The van der Waals surface area contributed by atoms with E-state index in [0.717, 1.165) is 15.7 Å². The minimum absolute atomic E-state index is 0.936. The van der Waals surface area contributed by atoms with Crippen molar-refractivity contribution in [1.82, 2.24) is 10.2 Å². The average molecular weight is 219 g/mol. The largest absolute Gasteiger partial charge is 0.353 e. The van der Waals surface area contributed by atoms with Gasteiger partial charge in [-0.1, -0.05) is 41.2 Å². The number of nitrogens with zero attached hydrogens (tertiary/aromatic N) is 3. The Labute approximate surface area is 93.4 Å². The highest BCUT2D eigenvalue weighted by molar-refractivity contribution is 7.18. The first-order valence-corrected chi connectivity index (χ1v) is 5.56. The van der Waals surface area contributed by atoms with E-state index in [4.69, 9.17) is 0 Å². The van der Waals surface area contributed by atoms with E-state index in [1.807, 2.05) is 19.0 Å². The molecule has 1 aromatic heterocycles. The molecule has 0 saturated heterocycles. The van der Waals surface area contributed by atoms with Crippen molar-refractivity contribution >= 4 is 16.5 Å². The van der Waals surface area contributed by atoms with Crippen LogP contribution < -0.4 is 4.90 Å². The van der Waals surface area contributed by atoms with Gasteiger partial charge in [0.15, 0.2) is 0 Å². The predicted molar refractivity (Wildman–Crippen MR) is 64.4 cm³/mol. The molecule has 0 fully saturated rings. The summed E-state index contributed by atoms with van der Waals surface area (Å²) in [5, 5.41) is 10.2. The van der Waals surface area contributed by atoms with Crippen LogP contribution >= 0.6 is 11.3 Å². The van der Waals surface area contributed by atoms with E-state index in [1.54, 1.807) is 11.3 Å². The number of aryl methyl sites for hydroxylation is 1. The van der Waals surface area contributed by atoms with Gasteiger partial charge in [-0.25, -0.2) is 0 Å². The van der Waals surface area contributed by atoms with Crippen LogP contribution in [0.5, 0.6) is 0 Å². The summed E-state index contributed by atoms with van der Waals surface area (Å²) in [5.74, 6) is 0. The van der Waals surface area contributed by atoms with E-state index < -0.39 is 0 Å². The van der Waals surface area contributed by atoms with Crippen LogP contribution in [-0.4, -0.2) is 24.3 Å². The number of aromatic nitrogens is 2. The Kier molecular flexibility index (Phi) is 2.68. The average Bonchev–Trinajstić information content (AvgIpc) is 2.68. The smallest absolute Gasteiger partial charge is 0.208 e. The van der Waals surface area contributed by atoms with Gasteiger partial charge in [-0.2, -0.15) is 0 Å². The highest BCUT2D eigenvalue weighted by atomic mass is 32.1. The quantitative estimate of drug-likeness (QED) is 0.777. The van der Waals surface area contributed by atoms with Gasteiger partial charge in [0.05, 0.1) is 0 Å². The number of benzene rings is 1. The van der Waals surface area contributed by atoms with E-state index in [1.165, 1.54) is 5.56 Å².